The minimum atomic E-state index is -0.845. The molecule has 0 aliphatic carbocycles. The van der Waals surface area contributed by atoms with E-state index in [-0.39, 0.29) is 12.5 Å². The lowest BCUT2D eigenvalue weighted by molar-refractivity contribution is -0.138. The number of aliphatic hydroxyl groups excluding tert-OH is 1. The monoisotopic (exact) mass is 370 g/mol. The van der Waals surface area contributed by atoms with Crippen LogP contribution in [-0.4, -0.2) is 36.7 Å². The van der Waals surface area contributed by atoms with E-state index in [0.29, 0.717) is 23.6 Å². The van der Waals surface area contributed by atoms with E-state index in [1.807, 2.05) is 37.3 Å². The van der Waals surface area contributed by atoms with Crippen molar-refractivity contribution < 1.29 is 19.4 Å². The van der Waals surface area contributed by atoms with Crippen molar-refractivity contribution in [3.05, 3.63) is 59.2 Å². The van der Waals surface area contributed by atoms with Gasteiger partial charge in [-0.3, -0.25) is 4.79 Å². The molecule has 3 rings (SSSR count). The third-order valence-corrected chi connectivity index (χ3v) is 5.21. The smallest absolute Gasteiger partial charge is 0.227 e. The van der Waals surface area contributed by atoms with E-state index < -0.39 is 18.1 Å². The maximum Gasteiger partial charge on any atom is 0.227 e. The SMILES string of the molecule is COc1ccc(OC)c2c1CN(C(=O)C(C)C(N)c1ccccc1)CC2O. The molecule has 1 aliphatic rings. The summed E-state index contributed by atoms with van der Waals surface area (Å²) in [5, 5.41) is 10.7. The summed E-state index contributed by atoms with van der Waals surface area (Å²) < 4.78 is 10.8. The van der Waals surface area contributed by atoms with Crippen LogP contribution in [0.3, 0.4) is 0 Å². The second-order valence-corrected chi connectivity index (χ2v) is 6.82. The topological polar surface area (TPSA) is 85.0 Å². The number of methoxy groups -OCH3 is 2. The molecule has 0 saturated heterocycles. The van der Waals surface area contributed by atoms with Gasteiger partial charge in [0.2, 0.25) is 5.91 Å². The van der Waals surface area contributed by atoms with Crippen molar-refractivity contribution in [2.24, 2.45) is 11.7 Å². The molecule has 2 aromatic rings. The zero-order valence-corrected chi connectivity index (χ0v) is 15.9. The highest BCUT2D eigenvalue weighted by atomic mass is 16.5. The molecule has 0 saturated carbocycles. The molecule has 27 heavy (non-hydrogen) atoms. The molecule has 6 heteroatoms. The van der Waals surface area contributed by atoms with Crippen LogP contribution in [0.25, 0.3) is 0 Å². The Bertz CT molecular complexity index is 809. The number of benzene rings is 2. The Hall–Kier alpha value is -2.57. The van der Waals surface area contributed by atoms with E-state index in [4.69, 9.17) is 15.2 Å². The Morgan fingerprint density at radius 2 is 1.78 bits per heavy atom. The van der Waals surface area contributed by atoms with Gasteiger partial charge in [-0.25, -0.2) is 0 Å². The number of carbonyl (C=O) groups is 1. The molecule has 0 spiro atoms. The first-order chi connectivity index (χ1) is 13.0. The molecule has 2 aromatic carbocycles. The highest BCUT2D eigenvalue weighted by molar-refractivity contribution is 5.80. The summed E-state index contributed by atoms with van der Waals surface area (Å²) in [6.45, 7) is 2.36. The van der Waals surface area contributed by atoms with Crippen LogP contribution < -0.4 is 15.2 Å². The van der Waals surface area contributed by atoms with Crippen molar-refractivity contribution in [2.75, 3.05) is 20.8 Å². The summed E-state index contributed by atoms with van der Waals surface area (Å²) in [4.78, 5) is 14.7. The number of ether oxygens (including phenoxy) is 2. The molecule has 0 fully saturated rings. The summed E-state index contributed by atoms with van der Waals surface area (Å²) in [6.07, 6.45) is -0.845. The van der Waals surface area contributed by atoms with Crippen LogP contribution in [0.4, 0.5) is 0 Å². The van der Waals surface area contributed by atoms with E-state index in [0.717, 1.165) is 11.1 Å². The van der Waals surface area contributed by atoms with Crippen LogP contribution in [0.5, 0.6) is 11.5 Å². The predicted molar refractivity (Wildman–Crippen MR) is 102 cm³/mol. The molecule has 3 atom stereocenters. The highest BCUT2D eigenvalue weighted by Gasteiger charge is 2.35. The standard InChI is InChI=1S/C21H26N2O4/c1-13(20(22)14-7-5-4-6-8-14)21(25)23-11-15-17(26-2)9-10-18(27-3)19(15)16(24)12-23/h4-10,13,16,20,24H,11-12,22H2,1-3H3. The Labute approximate surface area is 159 Å². The summed E-state index contributed by atoms with van der Waals surface area (Å²) in [5.41, 5.74) is 8.68. The number of nitrogens with two attached hydrogens (primary N) is 1. The fourth-order valence-electron chi connectivity index (χ4n) is 3.65. The van der Waals surface area contributed by atoms with Crippen LogP contribution in [0, 0.1) is 5.92 Å². The maximum atomic E-state index is 13.1. The number of rotatable bonds is 5. The Balaban J connectivity index is 1.86. The average Bonchev–Trinajstić information content (AvgIpc) is 2.71. The Morgan fingerprint density at radius 3 is 2.41 bits per heavy atom. The first kappa shape index (κ1) is 19.2. The van der Waals surface area contributed by atoms with Gasteiger partial charge < -0.3 is 25.2 Å². The lowest BCUT2D eigenvalue weighted by Crippen LogP contribution is -2.43. The number of carbonyl (C=O) groups excluding carboxylic acids is 1. The minimum absolute atomic E-state index is 0.0964. The molecule has 3 N–H and O–H groups in total. The van der Waals surface area contributed by atoms with E-state index in [1.165, 1.54) is 0 Å². The van der Waals surface area contributed by atoms with Gasteiger partial charge in [-0.05, 0) is 17.7 Å². The highest BCUT2D eigenvalue weighted by Crippen LogP contribution is 2.40. The van der Waals surface area contributed by atoms with E-state index >= 15 is 0 Å². The van der Waals surface area contributed by atoms with Gasteiger partial charge in [0.25, 0.3) is 0 Å². The molecule has 0 aromatic heterocycles. The van der Waals surface area contributed by atoms with Crippen LogP contribution in [0.15, 0.2) is 42.5 Å². The third-order valence-electron chi connectivity index (χ3n) is 5.21. The van der Waals surface area contributed by atoms with Crippen LogP contribution in [0.2, 0.25) is 0 Å². The van der Waals surface area contributed by atoms with E-state index in [2.05, 4.69) is 0 Å². The molecule has 0 radical (unpaired) electrons. The molecule has 1 aliphatic heterocycles. The number of β-amino-alcohol motifs (C(OH)–C–C–N with tert-alkyl or cyclic N) is 1. The predicted octanol–water partition coefficient (Wildman–Crippen LogP) is 2.42. The van der Waals surface area contributed by atoms with Gasteiger partial charge in [0, 0.05) is 23.7 Å². The second-order valence-electron chi connectivity index (χ2n) is 6.82. The quantitative estimate of drug-likeness (QED) is 0.844. The van der Waals surface area contributed by atoms with Crippen LogP contribution in [-0.2, 0) is 11.3 Å². The molecular weight excluding hydrogens is 344 g/mol. The van der Waals surface area contributed by atoms with Gasteiger partial charge in [-0.15, -0.1) is 0 Å². The summed E-state index contributed by atoms with van der Waals surface area (Å²) in [5.74, 6) is 0.709. The van der Waals surface area contributed by atoms with Gasteiger partial charge in [0.05, 0.1) is 26.7 Å². The Morgan fingerprint density at radius 1 is 1.15 bits per heavy atom. The fraction of sp³-hybridized carbons (Fsp3) is 0.381. The van der Waals surface area contributed by atoms with Gasteiger partial charge in [-0.2, -0.15) is 0 Å². The van der Waals surface area contributed by atoms with Crippen molar-refractivity contribution in [1.29, 1.82) is 0 Å². The van der Waals surface area contributed by atoms with Gasteiger partial charge in [0.1, 0.15) is 17.6 Å². The van der Waals surface area contributed by atoms with Crippen molar-refractivity contribution in [1.82, 2.24) is 4.90 Å². The Kier molecular flexibility index (Phi) is 5.68. The van der Waals surface area contributed by atoms with Gasteiger partial charge >= 0.3 is 0 Å². The third kappa shape index (κ3) is 3.63. The van der Waals surface area contributed by atoms with Crippen molar-refractivity contribution >= 4 is 5.91 Å². The van der Waals surface area contributed by atoms with Gasteiger partial charge in [-0.1, -0.05) is 37.3 Å². The number of hydrogen-bond donors (Lipinski definition) is 2. The van der Waals surface area contributed by atoms with Crippen LogP contribution >= 0.6 is 0 Å². The molecule has 0 bridgehead atoms. The van der Waals surface area contributed by atoms with Crippen molar-refractivity contribution in [2.45, 2.75) is 25.6 Å². The number of fused-ring (bicyclic) bond motifs is 1. The van der Waals surface area contributed by atoms with Gasteiger partial charge in [0.15, 0.2) is 0 Å². The number of nitrogens with zero attached hydrogens (tertiary/aromatic N) is 1. The van der Waals surface area contributed by atoms with Crippen molar-refractivity contribution in [3.63, 3.8) is 0 Å². The lowest BCUT2D eigenvalue weighted by atomic mass is 9.91. The summed E-state index contributed by atoms with van der Waals surface area (Å²) >= 11 is 0. The lowest BCUT2D eigenvalue weighted by Gasteiger charge is -2.36. The molecular formula is C21H26N2O4. The normalized spacial score (nSPS) is 18.4. The van der Waals surface area contributed by atoms with Crippen LogP contribution in [0.1, 0.15) is 35.8 Å². The largest absolute Gasteiger partial charge is 0.496 e. The summed E-state index contributed by atoms with van der Waals surface area (Å²) in [7, 11) is 3.14. The van der Waals surface area contributed by atoms with E-state index in [9.17, 15) is 9.90 Å². The molecule has 6 nitrogen and oxygen atoms in total. The maximum absolute atomic E-state index is 13.1. The number of amides is 1. The van der Waals surface area contributed by atoms with Crippen molar-refractivity contribution in [3.8, 4) is 11.5 Å². The zero-order chi connectivity index (χ0) is 19.6. The van der Waals surface area contributed by atoms with E-state index in [1.54, 1.807) is 31.3 Å². The molecule has 3 unspecified atom stereocenters. The molecule has 144 valence electrons. The second kappa shape index (κ2) is 7.98. The number of hydrogen-bond acceptors (Lipinski definition) is 5. The first-order valence-corrected chi connectivity index (χ1v) is 8.99. The molecule has 1 heterocycles. The minimum Gasteiger partial charge on any atom is -0.496 e. The fourth-order valence-corrected chi connectivity index (χ4v) is 3.65. The zero-order valence-electron chi connectivity index (χ0n) is 15.9. The molecule has 1 amide bonds. The number of aliphatic hydroxyl groups is 1. The average molecular weight is 370 g/mol. The summed E-state index contributed by atoms with van der Waals surface area (Å²) in [6, 6.07) is 12.7. The first-order valence-electron chi connectivity index (χ1n) is 8.99.